The minimum Gasteiger partial charge on any atom is -0.385 e. The van der Waals surface area contributed by atoms with E-state index in [1.54, 1.807) is 14.2 Å². The van der Waals surface area contributed by atoms with Crippen molar-refractivity contribution in [2.45, 2.75) is 12.8 Å². The van der Waals surface area contributed by atoms with Gasteiger partial charge in [0, 0.05) is 46.9 Å². The number of amides is 1. The van der Waals surface area contributed by atoms with Crippen molar-refractivity contribution in [3.63, 3.8) is 0 Å². The van der Waals surface area contributed by atoms with Crippen molar-refractivity contribution >= 4 is 5.91 Å². The van der Waals surface area contributed by atoms with Crippen LogP contribution in [0, 0.1) is 0 Å². The molecule has 0 aliphatic carbocycles. The number of carbonyl (C=O) groups excluding carboxylic acids is 1. The van der Waals surface area contributed by atoms with Crippen LogP contribution in [0.2, 0.25) is 0 Å². The maximum absolute atomic E-state index is 11.8. The largest absolute Gasteiger partial charge is 0.385 e. The van der Waals surface area contributed by atoms with Gasteiger partial charge in [0.2, 0.25) is 5.91 Å². The predicted octanol–water partition coefficient (Wildman–Crippen LogP) is 0.107. The van der Waals surface area contributed by atoms with Crippen molar-refractivity contribution in [1.82, 2.24) is 10.2 Å². The van der Waals surface area contributed by atoms with Gasteiger partial charge in [-0.3, -0.25) is 4.79 Å². The van der Waals surface area contributed by atoms with Gasteiger partial charge in [0.25, 0.3) is 0 Å². The van der Waals surface area contributed by atoms with E-state index >= 15 is 0 Å². The molecule has 0 radical (unpaired) electrons. The van der Waals surface area contributed by atoms with Gasteiger partial charge in [-0.1, -0.05) is 0 Å². The summed E-state index contributed by atoms with van der Waals surface area (Å²) in [6, 6.07) is 0. The van der Waals surface area contributed by atoms with Gasteiger partial charge in [0.1, 0.15) is 0 Å². The summed E-state index contributed by atoms with van der Waals surface area (Å²) in [5.74, 6) is 0.169. The lowest BCUT2D eigenvalue weighted by atomic mass is 10.3. The number of carbonyl (C=O) groups is 1. The van der Waals surface area contributed by atoms with Gasteiger partial charge in [-0.15, -0.1) is 0 Å². The van der Waals surface area contributed by atoms with Crippen LogP contribution in [0.1, 0.15) is 12.8 Å². The second-order valence-electron chi connectivity index (χ2n) is 3.57. The number of hydrogen-bond donors (Lipinski definition) is 1. The number of methoxy groups -OCH3 is 2. The Morgan fingerprint density at radius 2 is 1.88 bits per heavy atom. The van der Waals surface area contributed by atoms with E-state index in [2.05, 4.69) is 5.32 Å². The van der Waals surface area contributed by atoms with Crippen molar-refractivity contribution in [2.75, 3.05) is 54.1 Å². The first-order chi connectivity index (χ1) is 7.76. The number of nitrogens with one attached hydrogen (secondary N) is 1. The molecular formula is C11H24N2O3. The smallest absolute Gasteiger partial charge is 0.223 e. The second-order valence-corrected chi connectivity index (χ2v) is 3.57. The molecule has 0 rings (SSSR count). The Bertz CT molecular complexity index is 177. The fraction of sp³-hybridized carbons (Fsp3) is 0.909. The van der Waals surface area contributed by atoms with Crippen molar-refractivity contribution in [1.29, 1.82) is 0 Å². The van der Waals surface area contributed by atoms with E-state index < -0.39 is 0 Å². The van der Waals surface area contributed by atoms with Crippen LogP contribution in [0.3, 0.4) is 0 Å². The van der Waals surface area contributed by atoms with E-state index in [1.807, 2.05) is 11.9 Å². The fourth-order valence-electron chi connectivity index (χ4n) is 1.35. The summed E-state index contributed by atoms with van der Waals surface area (Å²) in [7, 11) is 5.16. The molecule has 0 aromatic heterocycles. The quantitative estimate of drug-likeness (QED) is 0.543. The Balaban J connectivity index is 3.91. The van der Waals surface area contributed by atoms with E-state index in [0.29, 0.717) is 32.7 Å². The third-order valence-corrected chi connectivity index (χ3v) is 2.28. The van der Waals surface area contributed by atoms with Crippen molar-refractivity contribution in [3.05, 3.63) is 0 Å². The van der Waals surface area contributed by atoms with E-state index in [1.165, 1.54) is 0 Å². The van der Waals surface area contributed by atoms with E-state index in [-0.39, 0.29) is 5.91 Å². The SMILES string of the molecule is CNCCC(=O)N(CCCOC)CCOC. The molecule has 0 unspecified atom stereocenters. The minimum atomic E-state index is 0.169. The van der Waals surface area contributed by atoms with E-state index in [9.17, 15) is 4.79 Å². The molecule has 0 saturated heterocycles. The van der Waals surface area contributed by atoms with Crippen molar-refractivity contribution in [2.24, 2.45) is 0 Å². The molecule has 96 valence electrons. The summed E-state index contributed by atoms with van der Waals surface area (Å²) in [6.45, 7) is 3.37. The predicted molar refractivity (Wildman–Crippen MR) is 63.5 cm³/mol. The highest BCUT2D eigenvalue weighted by molar-refractivity contribution is 5.76. The van der Waals surface area contributed by atoms with Crippen molar-refractivity contribution in [3.8, 4) is 0 Å². The van der Waals surface area contributed by atoms with E-state index in [4.69, 9.17) is 9.47 Å². The molecule has 16 heavy (non-hydrogen) atoms. The highest BCUT2D eigenvalue weighted by Gasteiger charge is 2.11. The lowest BCUT2D eigenvalue weighted by Gasteiger charge is -2.22. The van der Waals surface area contributed by atoms with Gasteiger partial charge in [-0.25, -0.2) is 0 Å². The molecule has 0 aromatic carbocycles. The normalized spacial score (nSPS) is 10.4. The highest BCUT2D eigenvalue weighted by Crippen LogP contribution is 1.97. The van der Waals surface area contributed by atoms with Crippen LogP contribution in [0.25, 0.3) is 0 Å². The average molecular weight is 232 g/mol. The number of hydrogen-bond acceptors (Lipinski definition) is 4. The molecular weight excluding hydrogens is 208 g/mol. The molecule has 0 bridgehead atoms. The first kappa shape index (κ1) is 15.3. The summed E-state index contributed by atoms with van der Waals surface area (Å²) in [5, 5.41) is 2.97. The molecule has 0 aliphatic rings. The Morgan fingerprint density at radius 1 is 1.19 bits per heavy atom. The maximum atomic E-state index is 11.8. The van der Waals surface area contributed by atoms with Crippen molar-refractivity contribution < 1.29 is 14.3 Å². The summed E-state index contributed by atoms with van der Waals surface area (Å²) >= 11 is 0. The number of rotatable bonds is 10. The minimum absolute atomic E-state index is 0.169. The molecule has 1 N–H and O–H groups in total. The Labute approximate surface area is 98.1 Å². The van der Waals surface area contributed by atoms with Gasteiger partial charge < -0.3 is 19.7 Å². The molecule has 5 heteroatoms. The summed E-state index contributed by atoms with van der Waals surface area (Å²) in [5.41, 5.74) is 0. The molecule has 0 atom stereocenters. The molecule has 5 nitrogen and oxygen atoms in total. The molecule has 0 heterocycles. The van der Waals surface area contributed by atoms with Crippen LogP contribution >= 0.6 is 0 Å². The van der Waals surface area contributed by atoms with Crippen LogP contribution in [0.15, 0.2) is 0 Å². The molecule has 0 saturated carbocycles. The first-order valence-electron chi connectivity index (χ1n) is 5.66. The summed E-state index contributed by atoms with van der Waals surface area (Å²) in [4.78, 5) is 13.6. The van der Waals surface area contributed by atoms with E-state index in [0.717, 1.165) is 13.0 Å². The first-order valence-corrected chi connectivity index (χ1v) is 5.66. The zero-order valence-corrected chi connectivity index (χ0v) is 10.6. The number of nitrogens with zero attached hydrogens (tertiary/aromatic N) is 1. The van der Waals surface area contributed by atoms with Crippen LogP contribution < -0.4 is 5.32 Å². The van der Waals surface area contributed by atoms with Gasteiger partial charge in [0.05, 0.1) is 6.61 Å². The van der Waals surface area contributed by atoms with Gasteiger partial charge in [-0.05, 0) is 13.5 Å². The molecule has 0 fully saturated rings. The molecule has 0 aliphatic heterocycles. The van der Waals surface area contributed by atoms with Gasteiger partial charge >= 0.3 is 0 Å². The Kier molecular flexibility index (Phi) is 10.4. The van der Waals surface area contributed by atoms with Crippen LogP contribution in [-0.2, 0) is 14.3 Å². The zero-order chi connectivity index (χ0) is 12.2. The van der Waals surface area contributed by atoms with Gasteiger partial charge in [-0.2, -0.15) is 0 Å². The van der Waals surface area contributed by atoms with Gasteiger partial charge in [0.15, 0.2) is 0 Å². The lowest BCUT2D eigenvalue weighted by molar-refractivity contribution is -0.131. The highest BCUT2D eigenvalue weighted by atomic mass is 16.5. The summed E-state index contributed by atoms with van der Waals surface area (Å²) < 4.78 is 9.97. The van der Waals surface area contributed by atoms with Crippen LogP contribution in [0.4, 0.5) is 0 Å². The second kappa shape index (κ2) is 10.9. The van der Waals surface area contributed by atoms with Crippen LogP contribution in [0.5, 0.6) is 0 Å². The third-order valence-electron chi connectivity index (χ3n) is 2.28. The van der Waals surface area contributed by atoms with Crippen LogP contribution in [-0.4, -0.2) is 64.9 Å². The lowest BCUT2D eigenvalue weighted by Crippen LogP contribution is -2.36. The zero-order valence-electron chi connectivity index (χ0n) is 10.6. The fourth-order valence-corrected chi connectivity index (χ4v) is 1.35. The molecule has 0 aromatic rings. The average Bonchev–Trinajstić information content (AvgIpc) is 2.30. The number of ether oxygens (including phenoxy) is 2. The molecule has 0 spiro atoms. The standard InChI is InChI=1S/C11H24N2O3/c1-12-6-5-11(14)13(8-10-16-3)7-4-9-15-2/h12H,4-10H2,1-3H3. The Morgan fingerprint density at radius 3 is 2.44 bits per heavy atom. The summed E-state index contributed by atoms with van der Waals surface area (Å²) in [6.07, 6.45) is 1.40. The monoisotopic (exact) mass is 232 g/mol. The Hall–Kier alpha value is -0.650. The topological polar surface area (TPSA) is 50.8 Å². The molecule has 1 amide bonds. The third kappa shape index (κ3) is 7.62. The maximum Gasteiger partial charge on any atom is 0.223 e.